The molecule has 1 N–H and O–H groups in total. The standard InChI is InChI=1S/C15H16N4O3S/c1-11-8-13(6-7-14(11)18-23(2,20)21)22-9-12-4-3-5-15-16-10-17-19(12)15/h3-8,10,18H,9H2,1-2H3. The van der Waals surface area contributed by atoms with E-state index in [1.807, 2.05) is 25.1 Å². The van der Waals surface area contributed by atoms with Crippen LogP contribution >= 0.6 is 0 Å². The van der Waals surface area contributed by atoms with Crippen LogP contribution in [0.25, 0.3) is 5.65 Å². The fourth-order valence-corrected chi connectivity index (χ4v) is 2.84. The zero-order valence-corrected chi connectivity index (χ0v) is 13.5. The number of ether oxygens (including phenoxy) is 1. The van der Waals surface area contributed by atoms with Crippen LogP contribution in [0.2, 0.25) is 0 Å². The Balaban J connectivity index is 1.76. The van der Waals surface area contributed by atoms with Gasteiger partial charge in [-0.05, 0) is 42.8 Å². The van der Waals surface area contributed by atoms with E-state index in [1.54, 1.807) is 22.7 Å². The van der Waals surface area contributed by atoms with Crippen LogP contribution in [0.3, 0.4) is 0 Å². The van der Waals surface area contributed by atoms with Gasteiger partial charge < -0.3 is 4.74 Å². The normalized spacial score (nSPS) is 11.6. The number of nitrogens with one attached hydrogen (secondary N) is 1. The molecule has 0 saturated heterocycles. The van der Waals surface area contributed by atoms with Gasteiger partial charge in [0.25, 0.3) is 0 Å². The van der Waals surface area contributed by atoms with Crippen LogP contribution in [-0.4, -0.2) is 29.3 Å². The molecular formula is C15H16N4O3S. The van der Waals surface area contributed by atoms with E-state index in [-0.39, 0.29) is 0 Å². The van der Waals surface area contributed by atoms with Gasteiger partial charge in [0.05, 0.1) is 17.6 Å². The summed E-state index contributed by atoms with van der Waals surface area (Å²) in [7, 11) is -3.30. The van der Waals surface area contributed by atoms with Crippen molar-refractivity contribution in [2.45, 2.75) is 13.5 Å². The Morgan fingerprint density at radius 3 is 2.83 bits per heavy atom. The summed E-state index contributed by atoms with van der Waals surface area (Å²) < 4.78 is 32.5. The average molecular weight is 332 g/mol. The number of aryl methyl sites for hydroxylation is 1. The molecule has 3 aromatic rings. The van der Waals surface area contributed by atoms with Crippen molar-refractivity contribution in [2.24, 2.45) is 0 Å². The second kappa shape index (κ2) is 5.88. The van der Waals surface area contributed by atoms with Crippen molar-refractivity contribution in [1.29, 1.82) is 0 Å². The minimum absolute atomic E-state index is 0.332. The molecule has 0 atom stereocenters. The molecule has 0 spiro atoms. The number of hydrogen-bond donors (Lipinski definition) is 1. The van der Waals surface area contributed by atoms with E-state index in [2.05, 4.69) is 14.8 Å². The first kappa shape index (κ1) is 15.3. The molecule has 3 rings (SSSR count). The van der Waals surface area contributed by atoms with E-state index in [0.29, 0.717) is 18.0 Å². The lowest BCUT2D eigenvalue weighted by molar-refractivity contribution is 0.298. The van der Waals surface area contributed by atoms with Gasteiger partial charge in [-0.25, -0.2) is 17.9 Å². The summed E-state index contributed by atoms with van der Waals surface area (Å²) >= 11 is 0. The number of aromatic nitrogens is 3. The molecule has 0 saturated carbocycles. The van der Waals surface area contributed by atoms with E-state index in [9.17, 15) is 8.42 Å². The van der Waals surface area contributed by atoms with E-state index in [0.717, 1.165) is 23.2 Å². The van der Waals surface area contributed by atoms with Crippen LogP contribution in [0.15, 0.2) is 42.7 Å². The summed E-state index contributed by atoms with van der Waals surface area (Å²) in [5.74, 6) is 0.652. The first-order valence-electron chi connectivity index (χ1n) is 6.91. The topological polar surface area (TPSA) is 85.6 Å². The van der Waals surface area contributed by atoms with E-state index >= 15 is 0 Å². The third-order valence-electron chi connectivity index (χ3n) is 3.26. The summed E-state index contributed by atoms with van der Waals surface area (Å²) in [4.78, 5) is 4.13. The molecule has 0 aliphatic rings. The molecule has 0 aliphatic heterocycles. The number of rotatable bonds is 5. The number of nitrogens with zero attached hydrogens (tertiary/aromatic N) is 3. The minimum Gasteiger partial charge on any atom is -0.487 e. The lowest BCUT2D eigenvalue weighted by Gasteiger charge is -2.11. The molecule has 7 nitrogen and oxygen atoms in total. The fraction of sp³-hybridized carbons (Fsp3) is 0.200. The maximum Gasteiger partial charge on any atom is 0.229 e. The second-order valence-corrected chi connectivity index (χ2v) is 6.94. The highest BCUT2D eigenvalue weighted by Gasteiger charge is 2.07. The predicted molar refractivity (Wildman–Crippen MR) is 87.0 cm³/mol. The van der Waals surface area contributed by atoms with Crippen LogP contribution in [0.4, 0.5) is 5.69 Å². The van der Waals surface area contributed by atoms with Crippen molar-refractivity contribution < 1.29 is 13.2 Å². The van der Waals surface area contributed by atoms with Gasteiger partial charge in [0.15, 0.2) is 5.65 Å². The van der Waals surface area contributed by atoms with Crippen LogP contribution in [0.1, 0.15) is 11.3 Å². The highest BCUT2D eigenvalue weighted by molar-refractivity contribution is 7.92. The van der Waals surface area contributed by atoms with Gasteiger partial charge in [0, 0.05) is 0 Å². The summed E-state index contributed by atoms with van der Waals surface area (Å²) in [6.07, 6.45) is 2.62. The zero-order chi connectivity index (χ0) is 16.4. The maximum absolute atomic E-state index is 11.3. The molecule has 0 amide bonds. The Morgan fingerprint density at radius 1 is 1.26 bits per heavy atom. The summed E-state index contributed by atoms with van der Waals surface area (Å²) in [5, 5.41) is 4.15. The molecule has 120 valence electrons. The lowest BCUT2D eigenvalue weighted by Crippen LogP contribution is -2.10. The Kier molecular flexibility index (Phi) is 3.91. The Morgan fingerprint density at radius 2 is 2.09 bits per heavy atom. The Bertz CT molecular complexity index is 950. The SMILES string of the molecule is Cc1cc(OCc2cccc3ncnn23)ccc1NS(C)(=O)=O. The molecule has 2 heterocycles. The summed E-state index contributed by atoms with van der Waals surface area (Å²) in [5.41, 5.74) is 2.95. The lowest BCUT2D eigenvalue weighted by atomic mass is 10.2. The fourth-order valence-electron chi connectivity index (χ4n) is 2.21. The van der Waals surface area contributed by atoms with Gasteiger partial charge in [-0.3, -0.25) is 4.72 Å². The van der Waals surface area contributed by atoms with Gasteiger partial charge in [-0.15, -0.1) is 0 Å². The number of benzene rings is 1. The van der Waals surface area contributed by atoms with Crippen molar-refractivity contribution in [2.75, 3.05) is 11.0 Å². The molecular weight excluding hydrogens is 316 g/mol. The van der Waals surface area contributed by atoms with Crippen molar-refractivity contribution in [3.63, 3.8) is 0 Å². The first-order valence-corrected chi connectivity index (χ1v) is 8.80. The number of pyridine rings is 1. The van der Waals surface area contributed by atoms with Gasteiger partial charge in [-0.1, -0.05) is 6.07 Å². The van der Waals surface area contributed by atoms with E-state index in [1.165, 1.54) is 6.33 Å². The number of sulfonamides is 1. The highest BCUT2D eigenvalue weighted by atomic mass is 32.2. The summed E-state index contributed by atoms with van der Waals surface area (Å²) in [6, 6.07) is 10.9. The van der Waals surface area contributed by atoms with Crippen molar-refractivity contribution in [3.05, 3.63) is 54.0 Å². The molecule has 8 heteroatoms. The van der Waals surface area contributed by atoms with Crippen LogP contribution in [0.5, 0.6) is 5.75 Å². The second-order valence-electron chi connectivity index (χ2n) is 5.19. The zero-order valence-electron chi connectivity index (χ0n) is 12.7. The van der Waals surface area contributed by atoms with Crippen molar-refractivity contribution in [1.82, 2.24) is 14.6 Å². The minimum atomic E-state index is -3.30. The van der Waals surface area contributed by atoms with E-state index < -0.39 is 10.0 Å². The largest absolute Gasteiger partial charge is 0.487 e. The Labute approximate surface area is 134 Å². The molecule has 1 aromatic carbocycles. The molecule has 0 aliphatic carbocycles. The van der Waals surface area contributed by atoms with Gasteiger partial charge >= 0.3 is 0 Å². The predicted octanol–water partition coefficient (Wildman–Crippen LogP) is 1.99. The third-order valence-corrected chi connectivity index (χ3v) is 3.85. The van der Waals surface area contributed by atoms with Crippen molar-refractivity contribution >= 4 is 21.4 Å². The van der Waals surface area contributed by atoms with Crippen LogP contribution < -0.4 is 9.46 Å². The molecule has 0 radical (unpaired) electrons. The van der Waals surface area contributed by atoms with Crippen LogP contribution in [-0.2, 0) is 16.6 Å². The molecule has 0 fully saturated rings. The number of fused-ring (bicyclic) bond motifs is 1. The Hall–Kier alpha value is -2.61. The van der Waals surface area contributed by atoms with Crippen LogP contribution in [0, 0.1) is 6.92 Å². The smallest absolute Gasteiger partial charge is 0.229 e. The van der Waals surface area contributed by atoms with Gasteiger partial charge in [-0.2, -0.15) is 5.10 Å². The van der Waals surface area contributed by atoms with E-state index in [4.69, 9.17) is 4.74 Å². The number of hydrogen-bond acceptors (Lipinski definition) is 5. The first-order chi connectivity index (χ1) is 10.9. The average Bonchev–Trinajstić information content (AvgIpc) is 2.95. The highest BCUT2D eigenvalue weighted by Crippen LogP contribution is 2.22. The van der Waals surface area contributed by atoms with Gasteiger partial charge in [0.1, 0.15) is 18.7 Å². The maximum atomic E-state index is 11.3. The molecule has 0 unspecified atom stereocenters. The summed E-state index contributed by atoms with van der Waals surface area (Å²) in [6.45, 7) is 2.15. The third kappa shape index (κ3) is 3.59. The number of anilines is 1. The molecule has 0 bridgehead atoms. The quantitative estimate of drug-likeness (QED) is 0.772. The molecule has 23 heavy (non-hydrogen) atoms. The monoisotopic (exact) mass is 332 g/mol. The van der Waals surface area contributed by atoms with Gasteiger partial charge in [0.2, 0.25) is 10.0 Å². The molecule has 2 aromatic heterocycles. The van der Waals surface area contributed by atoms with Crippen molar-refractivity contribution in [3.8, 4) is 5.75 Å².